The highest BCUT2D eigenvalue weighted by Gasteiger charge is 2.11. The van der Waals surface area contributed by atoms with Gasteiger partial charge >= 0.3 is 0 Å². The molecule has 0 aliphatic heterocycles. The van der Waals surface area contributed by atoms with Crippen LogP contribution in [0.4, 0.5) is 0 Å². The van der Waals surface area contributed by atoms with E-state index in [-0.39, 0.29) is 11.4 Å². The summed E-state index contributed by atoms with van der Waals surface area (Å²) in [6.07, 6.45) is 1.52. The molecule has 0 amide bonds. The van der Waals surface area contributed by atoms with Crippen molar-refractivity contribution in [3.63, 3.8) is 0 Å². The second-order valence-electron chi connectivity index (χ2n) is 3.31. The Kier molecular flexibility index (Phi) is 3.64. The lowest BCUT2D eigenvalue weighted by Gasteiger charge is -2.05. The van der Waals surface area contributed by atoms with Gasteiger partial charge < -0.3 is 4.90 Å². The molecule has 0 heterocycles. The molecule has 0 bridgehead atoms. The van der Waals surface area contributed by atoms with Gasteiger partial charge in [0.25, 0.3) is 0 Å². The van der Waals surface area contributed by atoms with E-state index in [4.69, 9.17) is 5.26 Å². The van der Waals surface area contributed by atoms with E-state index in [0.717, 1.165) is 0 Å². The maximum Gasteiger partial charge on any atom is 0.205 e. The third-order valence-corrected chi connectivity index (χ3v) is 1.79. The summed E-state index contributed by atoms with van der Waals surface area (Å²) in [7, 11) is 3.55. The van der Waals surface area contributed by atoms with Crippen LogP contribution >= 0.6 is 0 Å². The molecular weight excluding hydrogens is 188 g/mol. The molecule has 76 valence electrons. The first-order valence-corrected chi connectivity index (χ1v) is 4.53. The van der Waals surface area contributed by atoms with Crippen molar-refractivity contribution >= 4 is 5.78 Å². The Morgan fingerprint density at radius 3 is 2.40 bits per heavy atom. The molecule has 0 radical (unpaired) electrons. The molecule has 1 aromatic rings. The topological polar surface area (TPSA) is 44.1 Å². The van der Waals surface area contributed by atoms with Crippen molar-refractivity contribution in [2.45, 2.75) is 0 Å². The molecule has 0 N–H and O–H groups in total. The van der Waals surface area contributed by atoms with E-state index < -0.39 is 0 Å². The molecular formula is C12H12N2O. The lowest BCUT2D eigenvalue weighted by Crippen LogP contribution is -2.08. The van der Waals surface area contributed by atoms with E-state index in [9.17, 15) is 4.79 Å². The summed E-state index contributed by atoms with van der Waals surface area (Å²) in [6.45, 7) is 0. The molecule has 1 rings (SSSR count). The second kappa shape index (κ2) is 4.97. The van der Waals surface area contributed by atoms with Gasteiger partial charge in [-0.2, -0.15) is 5.26 Å². The quantitative estimate of drug-likeness (QED) is 0.425. The van der Waals surface area contributed by atoms with E-state index in [1.807, 2.05) is 12.1 Å². The third kappa shape index (κ3) is 2.96. The molecule has 3 nitrogen and oxygen atoms in total. The lowest BCUT2D eigenvalue weighted by molar-refractivity contribution is 0.103. The minimum Gasteiger partial charge on any atom is -0.382 e. The maximum absolute atomic E-state index is 11.8. The Morgan fingerprint density at radius 1 is 1.33 bits per heavy atom. The van der Waals surface area contributed by atoms with Gasteiger partial charge in [-0.3, -0.25) is 4.79 Å². The van der Waals surface area contributed by atoms with Gasteiger partial charge in [0.15, 0.2) is 0 Å². The standard InChI is InChI=1S/C12H12N2O/c1-14(2)9-11(8-13)12(15)10-6-4-3-5-7-10/h3-7,9H,1-2H3/b11-9+. The molecule has 1 aromatic carbocycles. The second-order valence-corrected chi connectivity index (χ2v) is 3.31. The van der Waals surface area contributed by atoms with Crippen LogP contribution in [0.25, 0.3) is 0 Å². The summed E-state index contributed by atoms with van der Waals surface area (Å²) in [4.78, 5) is 13.5. The number of ketones is 1. The van der Waals surface area contributed by atoms with Crippen LogP contribution in [-0.4, -0.2) is 24.8 Å². The predicted octanol–water partition coefficient (Wildman–Crippen LogP) is 1.84. The fraction of sp³-hybridized carbons (Fsp3) is 0.167. The minimum absolute atomic E-state index is 0.145. The van der Waals surface area contributed by atoms with E-state index in [0.29, 0.717) is 5.56 Å². The molecule has 15 heavy (non-hydrogen) atoms. The molecule has 3 heteroatoms. The molecule has 0 spiro atoms. The summed E-state index contributed by atoms with van der Waals surface area (Å²) >= 11 is 0. The van der Waals surface area contributed by atoms with Gasteiger partial charge in [0.05, 0.1) is 0 Å². The molecule has 0 aromatic heterocycles. The summed E-state index contributed by atoms with van der Waals surface area (Å²) in [6, 6.07) is 10.7. The van der Waals surface area contributed by atoms with Crippen LogP contribution in [0.1, 0.15) is 10.4 Å². The van der Waals surface area contributed by atoms with Crippen molar-refractivity contribution in [3.8, 4) is 6.07 Å². The predicted molar refractivity (Wildman–Crippen MR) is 58.2 cm³/mol. The van der Waals surface area contributed by atoms with Crippen LogP contribution < -0.4 is 0 Å². The van der Waals surface area contributed by atoms with Crippen LogP contribution in [0.2, 0.25) is 0 Å². The summed E-state index contributed by atoms with van der Waals surface area (Å²) in [5, 5.41) is 8.84. The van der Waals surface area contributed by atoms with Crippen LogP contribution in [0.3, 0.4) is 0 Å². The highest BCUT2D eigenvalue weighted by Crippen LogP contribution is 2.07. The first kappa shape index (κ1) is 11.0. The average molecular weight is 200 g/mol. The van der Waals surface area contributed by atoms with Gasteiger partial charge in [-0.15, -0.1) is 0 Å². The van der Waals surface area contributed by atoms with Crippen molar-refractivity contribution in [1.82, 2.24) is 4.90 Å². The number of allylic oxidation sites excluding steroid dienone is 1. The Morgan fingerprint density at radius 2 is 1.93 bits per heavy atom. The SMILES string of the molecule is CN(C)/C=C(\C#N)C(=O)c1ccccc1. The van der Waals surface area contributed by atoms with Crippen molar-refractivity contribution in [2.75, 3.05) is 14.1 Å². The zero-order valence-corrected chi connectivity index (χ0v) is 8.77. The van der Waals surface area contributed by atoms with Crippen molar-refractivity contribution in [1.29, 1.82) is 5.26 Å². The number of carbonyl (C=O) groups is 1. The van der Waals surface area contributed by atoms with Crippen LogP contribution in [0.15, 0.2) is 42.1 Å². The molecule has 0 fully saturated rings. The Bertz CT molecular complexity index is 413. The molecule has 0 aliphatic rings. The van der Waals surface area contributed by atoms with Gasteiger partial charge in [-0.05, 0) is 0 Å². The fourth-order valence-electron chi connectivity index (χ4n) is 1.14. The van der Waals surface area contributed by atoms with Crippen LogP contribution in [0.5, 0.6) is 0 Å². The highest BCUT2D eigenvalue weighted by molar-refractivity contribution is 6.11. The van der Waals surface area contributed by atoms with Crippen molar-refractivity contribution in [2.24, 2.45) is 0 Å². The normalized spacial score (nSPS) is 10.6. The average Bonchev–Trinajstić information content (AvgIpc) is 2.26. The van der Waals surface area contributed by atoms with Gasteiger partial charge in [0.2, 0.25) is 5.78 Å². The Hall–Kier alpha value is -2.08. The van der Waals surface area contributed by atoms with E-state index in [2.05, 4.69) is 0 Å². The smallest absolute Gasteiger partial charge is 0.205 e. The zero-order valence-electron chi connectivity index (χ0n) is 8.77. The van der Waals surface area contributed by atoms with E-state index in [1.54, 1.807) is 43.3 Å². The monoisotopic (exact) mass is 200 g/mol. The van der Waals surface area contributed by atoms with Gasteiger partial charge in [-0.25, -0.2) is 0 Å². The number of rotatable bonds is 3. The first-order valence-electron chi connectivity index (χ1n) is 4.53. The fourth-order valence-corrected chi connectivity index (χ4v) is 1.14. The van der Waals surface area contributed by atoms with E-state index >= 15 is 0 Å². The Balaban J connectivity index is 3.00. The number of hydrogen-bond donors (Lipinski definition) is 0. The van der Waals surface area contributed by atoms with Crippen molar-refractivity contribution < 1.29 is 4.79 Å². The molecule has 0 aliphatic carbocycles. The molecule has 0 atom stereocenters. The first-order chi connectivity index (χ1) is 7.15. The summed E-state index contributed by atoms with van der Waals surface area (Å²) in [5.74, 6) is -0.244. The van der Waals surface area contributed by atoms with Gasteiger partial charge in [-0.1, -0.05) is 30.3 Å². The zero-order chi connectivity index (χ0) is 11.3. The third-order valence-electron chi connectivity index (χ3n) is 1.79. The van der Waals surface area contributed by atoms with Gasteiger partial charge in [0.1, 0.15) is 11.6 Å². The molecule has 0 saturated heterocycles. The van der Waals surface area contributed by atoms with Crippen LogP contribution in [-0.2, 0) is 0 Å². The van der Waals surface area contributed by atoms with Crippen LogP contribution in [0, 0.1) is 11.3 Å². The lowest BCUT2D eigenvalue weighted by atomic mass is 10.1. The minimum atomic E-state index is -0.244. The van der Waals surface area contributed by atoms with Crippen molar-refractivity contribution in [3.05, 3.63) is 47.7 Å². The number of hydrogen-bond acceptors (Lipinski definition) is 3. The number of Topliss-reactive ketones (excluding diaryl/α,β-unsaturated/α-hetero) is 1. The Labute approximate surface area is 89.2 Å². The van der Waals surface area contributed by atoms with E-state index in [1.165, 1.54) is 6.20 Å². The van der Waals surface area contributed by atoms with Gasteiger partial charge in [0, 0.05) is 25.9 Å². The maximum atomic E-state index is 11.8. The summed E-state index contributed by atoms with van der Waals surface area (Å²) < 4.78 is 0. The largest absolute Gasteiger partial charge is 0.382 e. The number of nitriles is 1. The number of carbonyl (C=O) groups excluding carboxylic acids is 1. The molecule has 0 unspecified atom stereocenters. The molecule has 0 saturated carbocycles. The number of nitrogens with zero attached hydrogens (tertiary/aromatic N) is 2. The number of benzene rings is 1. The summed E-state index contributed by atoms with van der Waals surface area (Å²) in [5.41, 5.74) is 0.679. The highest BCUT2D eigenvalue weighted by atomic mass is 16.1.